The Morgan fingerprint density at radius 2 is 1.84 bits per heavy atom. The van der Waals surface area contributed by atoms with E-state index in [0.717, 1.165) is 24.4 Å². The monoisotopic (exact) mass is 351 g/mol. The normalized spacial score (nSPS) is 16.5. The van der Waals surface area contributed by atoms with E-state index in [1.165, 1.54) is 48.2 Å². The van der Waals surface area contributed by atoms with Gasteiger partial charge in [-0.2, -0.15) is 0 Å². The Labute approximate surface area is 153 Å². The van der Waals surface area contributed by atoms with Crippen LogP contribution in [0.5, 0.6) is 0 Å². The van der Waals surface area contributed by atoms with Crippen LogP contribution < -0.4 is 5.73 Å². The molecule has 3 nitrogen and oxygen atoms in total. The molecule has 1 aliphatic heterocycles. The molecule has 4 rings (SSSR count). The molecule has 0 amide bonds. The van der Waals surface area contributed by atoms with Gasteiger partial charge >= 0.3 is 0 Å². The third-order valence-corrected chi connectivity index (χ3v) is 6.11. The van der Waals surface area contributed by atoms with Crippen LogP contribution in [0.4, 0.5) is 5.13 Å². The zero-order valence-electron chi connectivity index (χ0n) is 14.5. The van der Waals surface area contributed by atoms with Crippen LogP contribution in [-0.2, 0) is 12.8 Å². The Morgan fingerprint density at radius 3 is 2.64 bits per heavy atom. The zero-order valence-corrected chi connectivity index (χ0v) is 15.3. The summed E-state index contributed by atoms with van der Waals surface area (Å²) in [7, 11) is 0. The van der Waals surface area contributed by atoms with E-state index in [-0.39, 0.29) is 0 Å². The van der Waals surface area contributed by atoms with Crippen LogP contribution in [0.15, 0.2) is 48.5 Å². The first-order valence-electron chi connectivity index (χ1n) is 9.17. The summed E-state index contributed by atoms with van der Waals surface area (Å²) in [6.07, 6.45) is 4.98. The fraction of sp³-hybridized carbons (Fsp3) is 0.381. The molecule has 1 aliphatic rings. The number of hydrogen-bond donors (Lipinski definition) is 1. The standard InChI is InChI=1S/C21H25N3S/c22-21-23-19-7-6-17(15-20(19)25-21)8-11-24-12-9-18(10-13-24)14-16-4-2-1-3-5-16/h1-7,15,18H,8-14H2,(H2,22,23). The molecule has 0 saturated carbocycles. The molecule has 2 N–H and O–H groups in total. The fourth-order valence-electron chi connectivity index (χ4n) is 3.79. The number of thiazole rings is 1. The van der Waals surface area contributed by atoms with E-state index in [4.69, 9.17) is 5.73 Å². The van der Waals surface area contributed by atoms with Gasteiger partial charge in [0.25, 0.3) is 0 Å². The molecule has 1 aromatic heterocycles. The van der Waals surface area contributed by atoms with Crippen molar-refractivity contribution in [1.29, 1.82) is 0 Å². The van der Waals surface area contributed by atoms with Gasteiger partial charge in [0.15, 0.2) is 5.13 Å². The summed E-state index contributed by atoms with van der Waals surface area (Å²) in [6, 6.07) is 17.5. The first-order valence-corrected chi connectivity index (χ1v) is 9.99. The van der Waals surface area contributed by atoms with Crippen LogP contribution in [0, 0.1) is 5.92 Å². The average molecular weight is 352 g/mol. The van der Waals surface area contributed by atoms with E-state index in [0.29, 0.717) is 5.13 Å². The summed E-state index contributed by atoms with van der Waals surface area (Å²) in [5.41, 5.74) is 9.70. The number of hydrogen-bond acceptors (Lipinski definition) is 4. The van der Waals surface area contributed by atoms with E-state index < -0.39 is 0 Å². The van der Waals surface area contributed by atoms with Gasteiger partial charge in [0.1, 0.15) is 0 Å². The molecule has 4 heteroatoms. The Morgan fingerprint density at radius 1 is 1.04 bits per heavy atom. The summed E-state index contributed by atoms with van der Waals surface area (Å²) in [6.45, 7) is 3.61. The molecule has 130 valence electrons. The Balaban J connectivity index is 1.26. The largest absolute Gasteiger partial charge is 0.375 e. The average Bonchev–Trinajstić information content (AvgIpc) is 3.01. The quantitative estimate of drug-likeness (QED) is 0.742. The molecule has 1 fully saturated rings. The lowest BCUT2D eigenvalue weighted by atomic mass is 9.90. The number of nitrogen functional groups attached to an aromatic ring is 1. The smallest absolute Gasteiger partial charge is 0.181 e. The Bertz CT molecular complexity index is 820. The lowest BCUT2D eigenvalue weighted by Crippen LogP contribution is -2.35. The lowest BCUT2D eigenvalue weighted by Gasteiger charge is -2.32. The molecule has 0 spiro atoms. The molecule has 0 bridgehead atoms. The van der Waals surface area contributed by atoms with Gasteiger partial charge < -0.3 is 10.6 Å². The van der Waals surface area contributed by atoms with Crippen LogP contribution in [0.25, 0.3) is 10.2 Å². The van der Waals surface area contributed by atoms with Gasteiger partial charge in [0.2, 0.25) is 0 Å². The van der Waals surface area contributed by atoms with Crippen molar-refractivity contribution in [3.63, 3.8) is 0 Å². The van der Waals surface area contributed by atoms with Crippen molar-refractivity contribution >= 4 is 26.7 Å². The number of likely N-dealkylation sites (tertiary alicyclic amines) is 1. The van der Waals surface area contributed by atoms with E-state index in [2.05, 4.69) is 58.4 Å². The highest BCUT2D eigenvalue weighted by Gasteiger charge is 2.19. The molecule has 0 radical (unpaired) electrons. The van der Waals surface area contributed by atoms with Gasteiger partial charge in [-0.3, -0.25) is 0 Å². The third kappa shape index (κ3) is 4.20. The van der Waals surface area contributed by atoms with Crippen molar-refractivity contribution in [1.82, 2.24) is 9.88 Å². The van der Waals surface area contributed by atoms with E-state index in [1.807, 2.05) is 0 Å². The van der Waals surface area contributed by atoms with Crippen molar-refractivity contribution in [3.8, 4) is 0 Å². The SMILES string of the molecule is Nc1nc2ccc(CCN3CCC(Cc4ccccc4)CC3)cc2s1. The first-order chi connectivity index (χ1) is 12.3. The van der Waals surface area contributed by atoms with E-state index >= 15 is 0 Å². The maximum absolute atomic E-state index is 5.80. The van der Waals surface area contributed by atoms with Crippen LogP contribution in [0.1, 0.15) is 24.0 Å². The van der Waals surface area contributed by atoms with Crippen molar-refractivity contribution in [2.24, 2.45) is 5.92 Å². The summed E-state index contributed by atoms with van der Waals surface area (Å²) >= 11 is 1.58. The number of benzene rings is 2. The van der Waals surface area contributed by atoms with Gasteiger partial charge in [-0.05, 0) is 68.0 Å². The minimum absolute atomic E-state index is 0.660. The molecule has 0 atom stereocenters. The summed E-state index contributed by atoms with van der Waals surface area (Å²) < 4.78 is 1.21. The molecule has 25 heavy (non-hydrogen) atoms. The molecular weight excluding hydrogens is 326 g/mol. The number of fused-ring (bicyclic) bond motifs is 1. The van der Waals surface area contributed by atoms with E-state index in [9.17, 15) is 0 Å². The van der Waals surface area contributed by atoms with Gasteiger partial charge in [0, 0.05) is 6.54 Å². The minimum Gasteiger partial charge on any atom is -0.375 e. The minimum atomic E-state index is 0.660. The molecule has 0 unspecified atom stereocenters. The Hall–Kier alpha value is -1.91. The number of anilines is 1. The van der Waals surface area contributed by atoms with Crippen molar-refractivity contribution in [3.05, 3.63) is 59.7 Å². The first kappa shape index (κ1) is 16.6. The number of nitrogens with zero attached hydrogens (tertiary/aromatic N) is 2. The molecule has 1 saturated heterocycles. The van der Waals surface area contributed by atoms with Gasteiger partial charge in [-0.15, -0.1) is 0 Å². The molecule has 2 aromatic carbocycles. The molecule has 2 heterocycles. The second-order valence-corrected chi connectivity index (χ2v) is 8.14. The number of piperidine rings is 1. The van der Waals surface area contributed by atoms with Gasteiger partial charge in [-0.1, -0.05) is 47.7 Å². The van der Waals surface area contributed by atoms with Gasteiger partial charge in [-0.25, -0.2) is 4.98 Å². The van der Waals surface area contributed by atoms with E-state index in [1.54, 1.807) is 11.3 Å². The molecular formula is C21H25N3S. The Kier molecular flexibility index (Phi) is 4.99. The summed E-state index contributed by atoms with van der Waals surface area (Å²) in [5.74, 6) is 0.843. The highest BCUT2D eigenvalue weighted by atomic mass is 32.1. The van der Waals surface area contributed by atoms with Crippen molar-refractivity contribution in [2.75, 3.05) is 25.4 Å². The summed E-state index contributed by atoms with van der Waals surface area (Å²) in [4.78, 5) is 6.95. The lowest BCUT2D eigenvalue weighted by molar-refractivity contribution is 0.186. The third-order valence-electron chi connectivity index (χ3n) is 5.26. The second-order valence-electron chi connectivity index (χ2n) is 7.08. The van der Waals surface area contributed by atoms with Crippen molar-refractivity contribution < 1.29 is 0 Å². The molecule has 0 aliphatic carbocycles. The number of nitrogens with two attached hydrogens (primary N) is 1. The fourth-order valence-corrected chi connectivity index (χ4v) is 4.59. The second kappa shape index (κ2) is 7.54. The van der Waals surface area contributed by atoms with Crippen LogP contribution in [0.3, 0.4) is 0 Å². The predicted molar refractivity (Wildman–Crippen MR) is 107 cm³/mol. The van der Waals surface area contributed by atoms with Crippen molar-refractivity contribution in [2.45, 2.75) is 25.7 Å². The maximum Gasteiger partial charge on any atom is 0.181 e. The molecule has 3 aromatic rings. The van der Waals surface area contributed by atoms with Crippen LogP contribution in [-0.4, -0.2) is 29.5 Å². The summed E-state index contributed by atoms with van der Waals surface area (Å²) in [5, 5.41) is 0.660. The predicted octanol–water partition coefficient (Wildman–Crippen LogP) is 4.38. The van der Waals surface area contributed by atoms with Crippen LogP contribution >= 0.6 is 11.3 Å². The zero-order chi connectivity index (χ0) is 17.1. The number of aromatic nitrogens is 1. The number of rotatable bonds is 5. The topological polar surface area (TPSA) is 42.1 Å². The highest BCUT2D eigenvalue weighted by molar-refractivity contribution is 7.22. The van der Waals surface area contributed by atoms with Crippen LogP contribution in [0.2, 0.25) is 0 Å². The highest BCUT2D eigenvalue weighted by Crippen LogP contribution is 2.25. The maximum atomic E-state index is 5.80. The van der Waals surface area contributed by atoms with Gasteiger partial charge in [0.05, 0.1) is 10.2 Å².